The minimum atomic E-state index is -0.384. The van der Waals surface area contributed by atoms with E-state index in [-0.39, 0.29) is 11.7 Å². The van der Waals surface area contributed by atoms with E-state index in [4.69, 9.17) is 4.74 Å². The van der Waals surface area contributed by atoms with Gasteiger partial charge in [0, 0.05) is 25.4 Å². The molecule has 1 spiro atoms. The zero-order valence-corrected chi connectivity index (χ0v) is 11.9. The summed E-state index contributed by atoms with van der Waals surface area (Å²) in [5, 5.41) is 15.2. The molecule has 1 aromatic heterocycles. The highest BCUT2D eigenvalue weighted by molar-refractivity contribution is 5.21. The molecule has 1 aliphatic heterocycles. The Hall–Kier alpha value is -0.870. The maximum atomic E-state index is 10.7. The molecule has 2 unspecified atom stereocenters. The van der Waals surface area contributed by atoms with Crippen molar-refractivity contribution >= 4 is 0 Å². The van der Waals surface area contributed by atoms with Crippen molar-refractivity contribution in [3.8, 4) is 0 Å². The highest BCUT2D eigenvalue weighted by Crippen LogP contribution is 2.47. The van der Waals surface area contributed by atoms with Crippen LogP contribution in [0, 0.1) is 5.92 Å². The highest BCUT2D eigenvalue weighted by Gasteiger charge is 2.44. The Bertz CT molecular complexity index is 451. The van der Waals surface area contributed by atoms with Gasteiger partial charge < -0.3 is 9.84 Å². The number of hydrogen-bond acceptors (Lipinski definition) is 3. The first kappa shape index (κ1) is 13.1. The van der Waals surface area contributed by atoms with Crippen LogP contribution in [0.5, 0.6) is 0 Å². The number of aromatic nitrogens is 2. The van der Waals surface area contributed by atoms with Crippen molar-refractivity contribution in [1.29, 1.82) is 0 Å². The van der Waals surface area contributed by atoms with Crippen LogP contribution in [0.3, 0.4) is 0 Å². The number of aryl methyl sites for hydroxylation is 2. The van der Waals surface area contributed by atoms with Crippen LogP contribution in [0.2, 0.25) is 0 Å². The molecule has 2 heterocycles. The molecule has 3 rings (SSSR count). The summed E-state index contributed by atoms with van der Waals surface area (Å²) in [5.41, 5.74) is 2.15. The highest BCUT2D eigenvalue weighted by atomic mass is 16.5. The Morgan fingerprint density at radius 1 is 1.58 bits per heavy atom. The van der Waals surface area contributed by atoms with E-state index >= 15 is 0 Å². The molecule has 2 fully saturated rings. The first-order valence-electron chi connectivity index (χ1n) is 7.48. The summed E-state index contributed by atoms with van der Waals surface area (Å²) >= 11 is 0. The van der Waals surface area contributed by atoms with E-state index in [1.807, 2.05) is 17.9 Å². The van der Waals surface area contributed by atoms with Crippen molar-refractivity contribution in [1.82, 2.24) is 9.78 Å². The lowest BCUT2D eigenvalue weighted by Gasteiger charge is -2.48. The lowest BCUT2D eigenvalue weighted by Crippen LogP contribution is -2.46. The van der Waals surface area contributed by atoms with Gasteiger partial charge in [0.25, 0.3) is 0 Å². The number of hydrogen-bond donors (Lipinski definition) is 1. The van der Waals surface area contributed by atoms with E-state index in [2.05, 4.69) is 12.0 Å². The average molecular weight is 264 g/mol. The van der Waals surface area contributed by atoms with Crippen LogP contribution >= 0.6 is 0 Å². The van der Waals surface area contributed by atoms with E-state index in [0.717, 1.165) is 37.1 Å². The van der Waals surface area contributed by atoms with E-state index in [1.165, 1.54) is 19.3 Å². The van der Waals surface area contributed by atoms with Gasteiger partial charge in [0.2, 0.25) is 0 Å². The number of aliphatic hydroxyl groups is 1. The number of rotatable bonds is 3. The van der Waals surface area contributed by atoms with E-state index < -0.39 is 0 Å². The smallest absolute Gasteiger partial charge is 0.0853 e. The molecule has 1 saturated heterocycles. The summed E-state index contributed by atoms with van der Waals surface area (Å²) in [6.45, 7) is 2.89. The molecule has 4 nitrogen and oxygen atoms in total. The summed E-state index contributed by atoms with van der Waals surface area (Å²) in [5.74, 6) is 0.323. The van der Waals surface area contributed by atoms with Gasteiger partial charge in [-0.3, -0.25) is 4.68 Å². The van der Waals surface area contributed by atoms with Crippen LogP contribution < -0.4 is 0 Å². The predicted octanol–water partition coefficient (Wildman–Crippen LogP) is 2.37. The molecule has 0 aromatic carbocycles. The lowest BCUT2D eigenvalue weighted by atomic mass is 9.70. The van der Waals surface area contributed by atoms with Gasteiger partial charge in [-0.2, -0.15) is 5.10 Å². The molecule has 1 aliphatic carbocycles. The number of aliphatic hydroxyl groups excluding tert-OH is 1. The Morgan fingerprint density at radius 3 is 3.00 bits per heavy atom. The lowest BCUT2D eigenvalue weighted by molar-refractivity contribution is -0.157. The Labute approximate surface area is 114 Å². The first-order valence-corrected chi connectivity index (χ1v) is 7.48. The third kappa shape index (κ3) is 2.32. The molecule has 0 radical (unpaired) electrons. The standard InChI is InChI=1S/C15H24N2O2/c1-3-13-12(10-17(2)16-13)14(18)11-5-8-19-15(9-11)6-4-7-15/h10-11,14,18H,3-9H2,1-2H3. The fraction of sp³-hybridized carbons (Fsp3) is 0.800. The van der Waals surface area contributed by atoms with Crippen LogP contribution in [0.15, 0.2) is 6.20 Å². The van der Waals surface area contributed by atoms with Gasteiger partial charge in [-0.1, -0.05) is 6.92 Å². The van der Waals surface area contributed by atoms with Gasteiger partial charge in [0.1, 0.15) is 0 Å². The van der Waals surface area contributed by atoms with Crippen LogP contribution in [-0.2, 0) is 18.2 Å². The summed E-state index contributed by atoms with van der Waals surface area (Å²) in [4.78, 5) is 0. The summed E-state index contributed by atoms with van der Waals surface area (Å²) in [6.07, 6.45) is 8.05. The van der Waals surface area contributed by atoms with Gasteiger partial charge in [-0.15, -0.1) is 0 Å². The van der Waals surface area contributed by atoms with Crippen molar-refractivity contribution in [3.63, 3.8) is 0 Å². The predicted molar refractivity (Wildman–Crippen MR) is 72.8 cm³/mol. The van der Waals surface area contributed by atoms with E-state index in [9.17, 15) is 5.11 Å². The first-order chi connectivity index (χ1) is 9.13. The minimum absolute atomic E-state index is 0.0957. The Morgan fingerprint density at radius 2 is 2.37 bits per heavy atom. The fourth-order valence-corrected chi connectivity index (χ4v) is 3.58. The number of nitrogens with zero attached hydrogens (tertiary/aromatic N) is 2. The van der Waals surface area contributed by atoms with E-state index in [0.29, 0.717) is 5.92 Å². The third-order valence-corrected chi connectivity index (χ3v) is 4.83. The molecule has 1 aromatic rings. The molecule has 106 valence electrons. The second kappa shape index (κ2) is 4.91. The fourth-order valence-electron chi connectivity index (χ4n) is 3.58. The zero-order chi connectivity index (χ0) is 13.5. The minimum Gasteiger partial charge on any atom is -0.388 e. The van der Waals surface area contributed by atoms with Crippen LogP contribution in [-0.4, -0.2) is 27.1 Å². The molecule has 4 heteroatoms. The maximum Gasteiger partial charge on any atom is 0.0853 e. The topological polar surface area (TPSA) is 47.3 Å². The van der Waals surface area contributed by atoms with Crippen molar-refractivity contribution in [3.05, 3.63) is 17.5 Å². The normalized spacial score (nSPS) is 27.2. The van der Waals surface area contributed by atoms with Gasteiger partial charge in [0.15, 0.2) is 0 Å². The average Bonchev–Trinajstić information content (AvgIpc) is 2.77. The summed E-state index contributed by atoms with van der Waals surface area (Å²) < 4.78 is 7.76. The van der Waals surface area contributed by atoms with Crippen molar-refractivity contribution < 1.29 is 9.84 Å². The second-order valence-electron chi connectivity index (χ2n) is 6.14. The molecular weight excluding hydrogens is 240 g/mol. The van der Waals surface area contributed by atoms with Crippen LogP contribution in [0.1, 0.15) is 56.4 Å². The molecule has 0 bridgehead atoms. The van der Waals surface area contributed by atoms with Gasteiger partial charge in [-0.25, -0.2) is 0 Å². The monoisotopic (exact) mass is 264 g/mol. The second-order valence-corrected chi connectivity index (χ2v) is 6.14. The molecule has 0 amide bonds. The van der Waals surface area contributed by atoms with Gasteiger partial charge in [0.05, 0.1) is 17.4 Å². The maximum absolute atomic E-state index is 10.7. The summed E-state index contributed by atoms with van der Waals surface area (Å²) in [7, 11) is 1.92. The third-order valence-electron chi connectivity index (χ3n) is 4.83. The van der Waals surface area contributed by atoms with Gasteiger partial charge >= 0.3 is 0 Å². The largest absolute Gasteiger partial charge is 0.388 e. The zero-order valence-electron chi connectivity index (χ0n) is 11.9. The molecule has 19 heavy (non-hydrogen) atoms. The SMILES string of the molecule is CCc1nn(C)cc1C(O)C1CCOC2(CCC2)C1. The molecule has 1 N–H and O–H groups in total. The molecule has 2 atom stereocenters. The molecule has 2 aliphatic rings. The van der Waals surface area contributed by atoms with Gasteiger partial charge in [-0.05, 0) is 44.4 Å². The summed E-state index contributed by atoms with van der Waals surface area (Å²) in [6, 6.07) is 0. The Balaban J connectivity index is 1.77. The quantitative estimate of drug-likeness (QED) is 0.911. The van der Waals surface area contributed by atoms with Crippen LogP contribution in [0.4, 0.5) is 0 Å². The van der Waals surface area contributed by atoms with E-state index in [1.54, 1.807) is 0 Å². The van der Waals surface area contributed by atoms with Crippen molar-refractivity contribution in [2.45, 2.75) is 57.2 Å². The number of ether oxygens (including phenoxy) is 1. The Kier molecular flexibility index (Phi) is 3.39. The molecule has 1 saturated carbocycles. The molecular formula is C15H24N2O2. The van der Waals surface area contributed by atoms with Crippen molar-refractivity contribution in [2.24, 2.45) is 13.0 Å². The van der Waals surface area contributed by atoms with Crippen molar-refractivity contribution in [2.75, 3.05) is 6.61 Å². The van der Waals surface area contributed by atoms with Crippen LogP contribution in [0.25, 0.3) is 0 Å².